The number of hydrogen-bond donors (Lipinski definition) is 0. The van der Waals surface area contributed by atoms with Crippen molar-refractivity contribution in [2.45, 2.75) is 11.4 Å². The molecule has 0 aliphatic carbocycles. The lowest BCUT2D eigenvalue weighted by molar-refractivity contribution is 0.291. The van der Waals surface area contributed by atoms with E-state index >= 15 is 0 Å². The summed E-state index contributed by atoms with van der Waals surface area (Å²) in [6.45, 7) is 0.835. The molecule has 0 unspecified atom stereocenters. The number of benzene rings is 1. The van der Waals surface area contributed by atoms with Gasteiger partial charge < -0.3 is 9.30 Å². The number of halogens is 2. The van der Waals surface area contributed by atoms with Gasteiger partial charge in [0.05, 0.1) is 12.9 Å². The Bertz CT molecular complexity index is 657. The van der Waals surface area contributed by atoms with E-state index in [-0.39, 0.29) is 22.3 Å². The van der Waals surface area contributed by atoms with Crippen LogP contribution in [0.2, 0.25) is 5.02 Å². The topological polar surface area (TPSA) is 61.2 Å². The first kappa shape index (κ1) is 14.2. The quantitative estimate of drug-likeness (QED) is 0.794. The molecule has 8 heteroatoms. The smallest absolute Gasteiger partial charge is 0.265 e. The molecular formula is C11H10Cl2N2O3S. The Hall–Kier alpha value is -1.24. The van der Waals surface area contributed by atoms with Crippen molar-refractivity contribution in [1.82, 2.24) is 9.55 Å². The maximum absolute atomic E-state index is 11.4. The van der Waals surface area contributed by atoms with Gasteiger partial charge in [-0.3, -0.25) is 0 Å². The highest BCUT2D eigenvalue weighted by molar-refractivity contribution is 8.13. The van der Waals surface area contributed by atoms with Crippen LogP contribution < -0.4 is 4.74 Å². The fourth-order valence-electron chi connectivity index (χ4n) is 1.47. The molecule has 19 heavy (non-hydrogen) atoms. The first-order valence-electron chi connectivity index (χ1n) is 5.29. The van der Waals surface area contributed by atoms with Crippen LogP contribution >= 0.6 is 22.3 Å². The van der Waals surface area contributed by atoms with Crippen molar-refractivity contribution in [2.75, 3.05) is 6.61 Å². The molecule has 2 rings (SSSR count). The third-order valence-electron chi connectivity index (χ3n) is 2.33. The fraction of sp³-hybridized carbons (Fsp3) is 0.182. The summed E-state index contributed by atoms with van der Waals surface area (Å²) >= 11 is 5.75. The zero-order chi connectivity index (χ0) is 13.9. The van der Waals surface area contributed by atoms with Gasteiger partial charge in [-0.05, 0) is 18.2 Å². The van der Waals surface area contributed by atoms with Gasteiger partial charge in [0.1, 0.15) is 17.3 Å². The second-order valence-corrected chi connectivity index (χ2v) is 6.65. The lowest BCUT2D eigenvalue weighted by atomic mass is 10.3. The number of hydrogen-bond acceptors (Lipinski definition) is 4. The molecule has 0 radical (unpaired) electrons. The first-order chi connectivity index (χ1) is 8.97. The number of aromatic nitrogens is 2. The van der Waals surface area contributed by atoms with E-state index in [0.717, 1.165) is 0 Å². The number of nitrogens with zero attached hydrogens (tertiary/aromatic N) is 2. The molecule has 0 saturated carbocycles. The minimum Gasteiger partial charge on any atom is -0.490 e. The van der Waals surface area contributed by atoms with Crippen LogP contribution in [-0.2, 0) is 15.6 Å². The Kier molecular flexibility index (Phi) is 4.34. The molecule has 0 spiro atoms. The summed E-state index contributed by atoms with van der Waals surface area (Å²) in [6.07, 6.45) is 5.08. The molecular weight excluding hydrogens is 311 g/mol. The Labute approximate surface area is 120 Å². The monoisotopic (exact) mass is 320 g/mol. The van der Waals surface area contributed by atoms with E-state index in [2.05, 4.69) is 4.98 Å². The molecule has 2 aromatic rings. The van der Waals surface area contributed by atoms with E-state index in [1.54, 1.807) is 24.8 Å². The van der Waals surface area contributed by atoms with Crippen LogP contribution in [0.15, 0.2) is 41.8 Å². The molecule has 1 aromatic carbocycles. The molecule has 0 aliphatic rings. The molecule has 5 nitrogen and oxygen atoms in total. The van der Waals surface area contributed by atoms with Crippen LogP contribution in [-0.4, -0.2) is 24.6 Å². The van der Waals surface area contributed by atoms with E-state index in [1.807, 2.05) is 4.57 Å². The SMILES string of the molecule is O=S(=O)(Cl)c1cc(Cl)ccc1OCCn1ccnc1. The minimum absolute atomic E-state index is 0.132. The third kappa shape index (κ3) is 3.86. The largest absolute Gasteiger partial charge is 0.490 e. The third-order valence-corrected chi connectivity index (χ3v) is 3.91. The summed E-state index contributed by atoms with van der Waals surface area (Å²) in [7, 11) is 1.44. The first-order valence-corrected chi connectivity index (χ1v) is 7.98. The van der Waals surface area contributed by atoms with Crippen molar-refractivity contribution < 1.29 is 13.2 Å². The lowest BCUT2D eigenvalue weighted by Crippen LogP contribution is -2.08. The molecule has 0 fully saturated rings. The summed E-state index contributed by atoms with van der Waals surface area (Å²) in [5, 5.41) is 0.279. The molecule has 0 saturated heterocycles. The van der Waals surface area contributed by atoms with Crippen LogP contribution in [0.3, 0.4) is 0 Å². The van der Waals surface area contributed by atoms with Gasteiger partial charge in [-0.2, -0.15) is 0 Å². The lowest BCUT2D eigenvalue weighted by Gasteiger charge is -2.10. The predicted molar refractivity (Wildman–Crippen MR) is 72.2 cm³/mol. The summed E-state index contributed by atoms with van der Waals surface area (Å²) in [5.41, 5.74) is 0. The van der Waals surface area contributed by atoms with Gasteiger partial charge in [-0.1, -0.05) is 11.6 Å². The molecule has 1 aromatic heterocycles. The molecule has 102 valence electrons. The second kappa shape index (κ2) is 5.81. The van der Waals surface area contributed by atoms with Crippen molar-refractivity contribution in [1.29, 1.82) is 0 Å². The molecule has 0 N–H and O–H groups in total. The van der Waals surface area contributed by atoms with E-state index in [9.17, 15) is 8.42 Å². The van der Waals surface area contributed by atoms with Crippen LogP contribution in [0.25, 0.3) is 0 Å². The van der Waals surface area contributed by atoms with E-state index < -0.39 is 9.05 Å². The fourth-order valence-corrected chi connectivity index (χ4v) is 2.71. The van der Waals surface area contributed by atoms with Crippen molar-refractivity contribution in [3.63, 3.8) is 0 Å². The molecule has 1 heterocycles. The van der Waals surface area contributed by atoms with Gasteiger partial charge in [0.25, 0.3) is 9.05 Å². The molecule has 0 atom stereocenters. The molecule has 0 aliphatic heterocycles. The average Bonchev–Trinajstić information content (AvgIpc) is 2.83. The maximum atomic E-state index is 11.4. The number of ether oxygens (including phenoxy) is 1. The van der Waals surface area contributed by atoms with Crippen LogP contribution in [0, 0.1) is 0 Å². The summed E-state index contributed by atoms with van der Waals surface area (Å²) in [6, 6.07) is 4.28. The highest BCUT2D eigenvalue weighted by Crippen LogP contribution is 2.29. The van der Waals surface area contributed by atoms with Crippen molar-refractivity contribution in [3.05, 3.63) is 41.9 Å². The Morgan fingerprint density at radius 3 is 2.79 bits per heavy atom. The Morgan fingerprint density at radius 1 is 1.37 bits per heavy atom. The van der Waals surface area contributed by atoms with Gasteiger partial charge >= 0.3 is 0 Å². The van der Waals surface area contributed by atoms with Crippen LogP contribution in [0.4, 0.5) is 0 Å². The number of imidazole rings is 1. The Balaban J connectivity index is 2.12. The summed E-state index contributed by atoms with van der Waals surface area (Å²) in [5.74, 6) is 0.180. The van der Waals surface area contributed by atoms with Gasteiger partial charge in [-0.15, -0.1) is 0 Å². The standard InChI is InChI=1S/C11H10Cl2N2O3S/c12-9-1-2-10(11(7-9)19(13,16)17)18-6-5-15-4-3-14-8-15/h1-4,7-8H,5-6H2. The van der Waals surface area contributed by atoms with Crippen LogP contribution in [0.5, 0.6) is 5.75 Å². The van der Waals surface area contributed by atoms with Gasteiger partial charge in [0, 0.05) is 28.1 Å². The summed E-state index contributed by atoms with van der Waals surface area (Å²) < 4.78 is 30.1. The van der Waals surface area contributed by atoms with Crippen molar-refractivity contribution >= 4 is 31.3 Å². The summed E-state index contributed by atoms with van der Waals surface area (Å²) in [4.78, 5) is 3.76. The maximum Gasteiger partial charge on any atom is 0.265 e. The van der Waals surface area contributed by atoms with E-state index in [0.29, 0.717) is 6.54 Å². The minimum atomic E-state index is -3.90. The molecule has 0 amide bonds. The zero-order valence-electron chi connectivity index (χ0n) is 9.66. The van der Waals surface area contributed by atoms with Gasteiger partial charge in [0.2, 0.25) is 0 Å². The highest BCUT2D eigenvalue weighted by Gasteiger charge is 2.17. The highest BCUT2D eigenvalue weighted by atomic mass is 35.7. The predicted octanol–water partition coefficient (Wildman–Crippen LogP) is 2.54. The zero-order valence-corrected chi connectivity index (χ0v) is 12.0. The van der Waals surface area contributed by atoms with Crippen molar-refractivity contribution in [2.24, 2.45) is 0 Å². The molecule has 0 bridgehead atoms. The Morgan fingerprint density at radius 2 is 2.16 bits per heavy atom. The van der Waals surface area contributed by atoms with Crippen LogP contribution in [0.1, 0.15) is 0 Å². The second-order valence-electron chi connectivity index (χ2n) is 3.68. The van der Waals surface area contributed by atoms with E-state index in [4.69, 9.17) is 27.0 Å². The van der Waals surface area contributed by atoms with E-state index in [1.165, 1.54) is 12.1 Å². The average molecular weight is 321 g/mol. The van der Waals surface area contributed by atoms with Gasteiger partial charge in [0.15, 0.2) is 0 Å². The van der Waals surface area contributed by atoms with Gasteiger partial charge in [-0.25, -0.2) is 13.4 Å². The normalized spacial score (nSPS) is 11.5. The number of rotatable bonds is 5. The van der Waals surface area contributed by atoms with Crippen molar-refractivity contribution in [3.8, 4) is 5.75 Å².